The van der Waals surface area contributed by atoms with E-state index in [1.54, 1.807) is 37.5 Å². The Hall–Kier alpha value is -1.16. The van der Waals surface area contributed by atoms with Gasteiger partial charge in [-0.1, -0.05) is 23.2 Å². The zero-order chi connectivity index (χ0) is 13.8. The molecule has 1 N–H and O–H groups in total. The van der Waals surface area contributed by atoms with Crippen molar-refractivity contribution >= 4 is 23.2 Å². The van der Waals surface area contributed by atoms with Crippen molar-refractivity contribution in [1.29, 1.82) is 0 Å². The molecule has 0 radical (unpaired) electrons. The van der Waals surface area contributed by atoms with Crippen molar-refractivity contribution in [3.63, 3.8) is 0 Å². The molecular formula is C14H13Cl2FN2. The molecule has 1 aromatic heterocycles. The van der Waals surface area contributed by atoms with Crippen molar-refractivity contribution < 1.29 is 4.39 Å². The number of nitrogens with zero attached hydrogens (tertiary/aromatic N) is 1. The monoisotopic (exact) mass is 298 g/mol. The van der Waals surface area contributed by atoms with Crippen molar-refractivity contribution in [3.05, 3.63) is 63.6 Å². The Labute approximate surface area is 121 Å². The number of nitrogens with one attached hydrogen (secondary N) is 1. The molecule has 0 spiro atoms. The van der Waals surface area contributed by atoms with Gasteiger partial charge in [-0.25, -0.2) is 4.39 Å². The molecule has 0 saturated heterocycles. The van der Waals surface area contributed by atoms with Crippen LogP contribution in [0.15, 0.2) is 36.5 Å². The Morgan fingerprint density at radius 3 is 2.79 bits per heavy atom. The van der Waals surface area contributed by atoms with Crippen molar-refractivity contribution in [3.8, 4) is 0 Å². The minimum atomic E-state index is -0.333. The summed E-state index contributed by atoms with van der Waals surface area (Å²) in [5.74, 6) is -0.333. The van der Waals surface area contributed by atoms with E-state index in [0.717, 1.165) is 5.56 Å². The number of likely N-dealkylation sites (N-methyl/N-ethyl adjacent to an activating group) is 1. The standard InChI is InChI=1S/C14H13Cl2FN2/c1-18-13(14-12(17)3-2-6-19-14)8-9-7-10(15)4-5-11(9)16/h2-7,13,18H,8H2,1H3. The van der Waals surface area contributed by atoms with Crippen LogP contribution in [-0.4, -0.2) is 12.0 Å². The van der Waals surface area contributed by atoms with Gasteiger partial charge in [-0.15, -0.1) is 0 Å². The molecule has 2 rings (SSSR count). The van der Waals surface area contributed by atoms with Gasteiger partial charge in [0.2, 0.25) is 0 Å². The van der Waals surface area contributed by atoms with Gasteiger partial charge in [0.05, 0.1) is 11.7 Å². The minimum Gasteiger partial charge on any atom is -0.311 e. The van der Waals surface area contributed by atoms with Gasteiger partial charge in [0.1, 0.15) is 5.82 Å². The number of hydrogen-bond acceptors (Lipinski definition) is 2. The van der Waals surface area contributed by atoms with E-state index in [-0.39, 0.29) is 11.9 Å². The molecular weight excluding hydrogens is 286 g/mol. The molecule has 2 nitrogen and oxygen atoms in total. The van der Waals surface area contributed by atoms with Crippen molar-refractivity contribution in [2.24, 2.45) is 0 Å². The van der Waals surface area contributed by atoms with Crippen LogP contribution < -0.4 is 5.32 Å². The highest BCUT2D eigenvalue weighted by atomic mass is 35.5. The first-order valence-corrected chi connectivity index (χ1v) is 6.59. The Morgan fingerprint density at radius 1 is 1.32 bits per heavy atom. The average Bonchev–Trinajstić information content (AvgIpc) is 2.41. The van der Waals surface area contributed by atoms with Crippen molar-refractivity contribution in [2.75, 3.05) is 7.05 Å². The van der Waals surface area contributed by atoms with Crippen LogP contribution in [0.25, 0.3) is 0 Å². The largest absolute Gasteiger partial charge is 0.311 e. The highest BCUT2D eigenvalue weighted by Gasteiger charge is 2.17. The molecule has 1 aromatic carbocycles. The lowest BCUT2D eigenvalue weighted by Gasteiger charge is -2.17. The van der Waals surface area contributed by atoms with E-state index in [0.29, 0.717) is 22.2 Å². The second-order valence-corrected chi connectivity index (χ2v) is 5.00. The summed E-state index contributed by atoms with van der Waals surface area (Å²) >= 11 is 12.1. The number of hydrogen-bond donors (Lipinski definition) is 1. The Balaban J connectivity index is 2.29. The number of pyridine rings is 1. The van der Waals surface area contributed by atoms with Crippen LogP contribution in [0.3, 0.4) is 0 Å². The molecule has 100 valence electrons. The van der Waals surface area contributed by atoms with Crippen LogP contribution in [0.5, 0.6) is 0 Å². The van der Waals surface area contributed by atoms with Gasteiger partial charge in [-0.3, -0.25) is 4.98 Å². The van der Waals surface area contributed by atoms with Gasteiger partial charge in [0.25, 0.3) is 0 Å². The summed E-state index contributed by atoms with van der Waals surface area (Å²) in [4.78, 5) is 4.08. The third-order valence-corrected chi connectivity index (χ3v) is 3.50. The van der Waals surface area contributed by atoms with E-state index in [1.165, 1.54) is 6.07 Å². The van der Waals surface area contributed by atoms with Crippen LogP contribution in [0.2, 0.25) is 10.0 Å². The van der Waals surface area contributed by atoms with E-state index in [9.17, 15) is 4.39 Å². The normalized spacial score (nSPS) is 12.4. The minimum absolute atomic E-state index is 0.253. The lowest BCUT2D eigenvalue weighted by molar-refractivity contribution is 0.517. The van der Waals surface area contributed by atoms with E-state index in [4.69, 9.17) is 23.2 Å². The zero-order valence-electron chi connectivity index (χ0n) is 10.3. The number of halogens is 3. The lowest BCUT2D eigenvalue weighted by atomic mass is 10.0. The summed E-state index contributed by atoms with van der Waals surface area (Å²) in [7, 11) is 1.76. The molecule has 2 aromatic rings. The van der Waals surface area contributed by atoms with Crippen molar-refractivity contribution in [2.45, 2.75) is 12.5 Å². The maximum Gasteiger partial charge on any atom is 0.146 e. The third-order valence-electron chi connectivity index (χ3n) is 2.90. The zero-order valence-corrected chi connectivity index (χ0v) is 11.8. The first-order chi connectivity index (χ1) is 9.11. The summed E-state index contributed by atoms with van der Waals surface area (Å²) in [5.41, 5.74) is 1.24. The van der Waals surface area contributed by atoms with Crippen LogP contribution in [0, 0.1) is 5.82 Å². The Kier molecular flexibility index (Phi) is 4.75. The molecule has 0 fully saturated rings. The first-order valence-electron chi connectivity index (χ1n) is 5.83. The van der Waals surface area contributed by atoms with Crippen molar-refractivity contribution in [1.82, 2.24) is 10.3 Å². The molecule has 0 bridgehead atoms. The van der Waals surface area contributed by atoms with E-state index in [2.05, 4.69) is 10.3 Å². The van der Waals surface area contributed by atoms with Gasteiger partial charge in [-0.05, 0) is 49.4 Å². The second-order valence-electron chi connectivity index (χ2n) is 4.15. The summed E-state index contributed by atoms with van der Waals surface area (Å²) in [6, 6.07) is 7.96. The Bertz CT molecular complexity index is 575. The van der Waals surface area contributed by atoms with Crippen LogP contribution >= 0.6 is 23.2 Å². The number of rotatable bonds is 4. The number of aromatic nitrogens is 1. The molecule has 0 saturated carbocycles. The lowest BCUT2D eigenvalue weighted by Crippen LogP contribution is -2.21. The molecule has 1 atom stereocenters. The fraction of sp³-hybridized carbons (Fsp3) is 0.214. The molecule has 19 heavy (non-hydrogen) atoms. The first kappa shape index (κ1) is 14.3. The summed E-state index contributed by atoms with van der Waals surface area (Å²) < 4.78 is 13.7. The molecule has 0 amide bonds. The van der Waals surface area contributed by atoms with Gasteiger partial charge < -0.3 is 5.32 Å². The highest BCUT2D eigenvalue weighted by molar-refractivity contribution is 6.33. The maximum atomic E-state index is 13.7. The molecule has 0 aliphatic heterocycles. The van der Waals surface area contributed by atoms with Gasteiger partial charge in [0, 0.05) is 16.2 Å². The highest BCUT2D eigenvalue weighted by Crippen LogP contribution is 2.26. The van der Waals surface area contributed by atoms with Crippen LogP contribution in [0.1, 0.15) is 17.3 Å². The van der Waals surface area contributed by atoms with E-state index in [1.807, 2.05) is 0 Å². The predicted octanol–water partition coefficient (Wildman–Crippen LogP) is 4.03. The van der Waals surface area contributed by atoms with Crippen LogP contribution in [-0.2, 0) is 6.42 Å². The van der Waals surface area contributed by atoms with E-state index >= 15 is 0 Å². The van der Waals surface area contributed by atoms with Gasteiger partial charge in [0.15, 0.2) is 0 Å². The molecule has 5 heteroatoms. The summed E-state index contributed by atoms with van der Waals surface area (Å²) in [6.07, 6.45) is 2.09. The average molecular weight is 299 g/mol. The Morgan fingerprint density at radius 2 is 2.11 bits per heavy atom. The number of benzene rings is 1. The molecule has 1 unspecified atom stereocenters. The van der Waals surface area contributed by atoms with Gasteiger partial charge in [-0.2, -0.15) is 0 Å². The summed E-state index contributed by atoms with van der Waals surface area (Å²) in [5, 5.41) is 4.27. The maximum absolute atomic E-state index is 13.7. The SMILES string of the molecule is CNC(Cc1cc(Cl)ccc1Cl)c1ncccc1F. The smallest absolute Gasteiger partial charge is 0.146 e. The second kappa shape index (κ2) is 6.33. The molecule has 1 heterocycles. The van der Waals surface area contributed by atoms with E-state index < -0.39 is 0 Å². The third kappa shape index (κ3) is 3.44. The fourth-order valence-corrected chi connectivity index (χ4v) is 2.30. The molecule has 0 aliphatic rings. The van der Waals surface area contributed by atoms with Crippen LogP contribution in [0.4, 0.5) is 4.39 Å². The topological polar surface area (TPSA) is 24.9 Å². The van der Waals surface area contributed by atoms with Gasteiger partial charge >= 0.3 is 0 Å². The summed E-state index contributed by atoms with van der Waals surface area (Å²) in [6.45, 7) is 0. The predicted molar refractivity (Wildman–Crippen MR) is 76.2 cm³/mol. The fourth-order valence-electron chi connectivity index (χ4n) is 1.91. The molecule has 0 aliphatic carbocycles. The quantitative estimate of drug-likeness (QED) is 0.922.